The number of halogens is 2. The Labute approximate surface area is 140 Å². The molecule has 3 rings (SSSR count). The molecule has 0 radical (unpaired) electrons. The smallest absolute Gasteiger partial charge is 0.120 e. The molecule has 0 unspecified atom stereocenters. The summed E-state index contributed by atoms with van der Waals surface area (Å²) < 4.78 is 5.85. The summed E-state index contributed by atoms with van der Waals surface area (Å²) in [7, 11) is 0. The SMILES string of the molecule is Clc1cccc(Cl)c1COc1cccc(-c2ccccc2)c1. The van der Waals surface area contributed by atoms with E-state index >= 15 is 0 Å². The fourth-order valence-corrected chi connectivity index (χ4v) is 2.73. The van der Waals surface area contributed by atoms with Gasteiger partial charge in [-0.25, -0.2) is 0 Å². The average molecular weight is 329 g/mol. The Morgan fingerprint density at radius 1 is 0.682 bits per heavy atom. The van der Waals surface area contributed by atoms with Crippen LogP contribution in [-0.4, -0.2) is 0 Å². The van der Waals surface area contributed by atoms with Crippen molar-refractivity contribution >= 4 is 23.2 Å². The van der Waals surface area contributed by atoms with E-state index in [9.17, 15) is 0 Å². The molecule has 0 bridgehead atoms. The summed E-state index contributed by atoms with van der Waals surface area (Å²) in [6, 6.07) is 23.6. The Hall–Kier alpha value is -1.96. The summed E-state index contributed by atoms with van der Waals surface area (Å²) in [6.45, 7) is 0.344. The van der Waals surface area contributed by atoms with Gasteiger partial charge in [0.25, 0.3) is 0 Å². The van der Waals surface area contributed by atoms with Gasteiger partial charge in [0.15, 0.2) is 0 Å². The first kappa shape index (κ1) is 15.0. The first-order valence-electron chi connectivity index (χ1n) is 6.95. The van der Waals surface area contributed by atoms with E-state index in [1.807, 2.05) is 54.6 Å². The zero-order valence-electron chi connectivity index (χ0n) is 11.8. The molecule has 0 fully saturated rings. The topological polar surface area (TPSA) is 9.23 Å². The fourth-order valence-electron chi connectivity index (χ4n) is 2.22. The molecule has 0 spiro atoms. The van der Waals surface area contributed by atoms with Crippen molar-refractivity contribution in [1.29, 1.82) is 0 Å². The molecule has 0 atom stereocenters. The molecular formula is C19H14Cl2O. The molecule has 0 saturated carbocycles. The molecular weight excluding hydrogens is 315 g/mol. The maximum Gasteiger partial charge on any atom is 0.120 e. The van der Waals surface area contributed by atoms with E-state index in [0.29, 0.717) is 16.7 Å². The largest absolute Gasteiger partial charge is 0.489 e. The quantitative estimate of drug-likeness (QED) is 0.550. The lowest BCUT2D eigenvalue weighted by Crippen LogP contribution is -1.97. The van der Waals surface area contributed by atoms with Crippen LogP contribution in [0.1, 0.15) is 5.56 Å². The molecule has 110 valence electrons. The normalized spacial score (nSPS) is 10.5. The number of hydrogen-bond acceptors (Lipinski definition) is 1. The lowest BCUT2D eigenvalue weighted by Gasteiger charge is -2.10. The van der Waals surface area contributed by atoms with E-state index < -0.39 is 0 Å². The molecule has 3 aromatic carbocycles. The molecule has 1 nitrogen and oxygen atoms in total. The van der Waals surface area contributed by atoms with Crippen molar-refractivity contribution in [3.8, 4) is 16.9 Å². The summed E-state index contributed by atoms with van der Waals surface area (Å²) in [5.41, 5.74) is 3.07. The van der Waals surface area contributed by atoms with Crippen LogP contribution in [0.3, 0.4) is 0 Å². The van der Waals surface area contributed by atoms with Crippen LogP contribution < -0.4 is 4.74 Å². The lowest BCUT2D eigenvalue weighted by molar-refractivity contribution is 0.306. The van der Waals surface area contributed by atoms with Gasteiger partial charge < -0.3 is 4.74 Å². The highest BCUT2D eigenvalue weighted by molar-refractivity contribution is 6.35. The van der Waals surface area contributed by atoms with E-state index in [4.69, 9.17) is 27.9 Å². The average Bonchev–Trinajstić information content (AvgIpc) is 2.55. The molecule has 0 N–H and O–H groups in total. The van der Waals surface area contributed by atoms with Gasteiger partial charge >= 0.3 is 0 Å². The predicted molar refractivity (Wildman–Crippen MR) is 92.7 cm³/mol. The highest BCUT2D eigenvalue weighted by atomic mass is 35.5. The van der Waals surface area contributed by atoms with Crippen molar-refractivity contribution in [2.75, 3.05) is 0 Å². The Morgan fingerprint density at radius 3 is 2.05 bits per heavy atom. The van der Waals surface area contributed by atoms with Gasteiger partial charge in [0.2, 0.25) is 0 Å². The summed E-state index contributed by atoms with van der Waals surface area (Å²) in [5, 5.41) is 1.23. The number of benzene rings is 3. The van der Waals surface area contributed by atoms with Crippen LogP contribution in [0.4, 0.5) is 0 Å². The van der Waals surface area contributed by atoms with Crippen LogP contribution in [0.5, 0.6) is 5.75 Å². The van der Waals surface area contributed by atoms with E-state index in [1.165, 1.54) is 0 Å². The second kappa shape index (κ2) is 6.87. The fraction of sp³-hybridized carbons (Fsp3) is 0.0526. The van der Waals surface area contributed by atoms with Gasteiger partial charge in [0, 0.05) is 15.6 Å². The third kappa shape index (κ3) is 3.44. The van der Waals surface area contributed by atoms with Gasteiger partial charge in [-0.2, -0.15) is 0 Å². The monoisotopic (exact) mass is 328 g/mol. The standard InChI is InChI=1S/C19H14Cl2O/c20-18-10-5-11-19(21)17(18)13-22-16-9-4-8-15(12-16)14-6-2-1-3-7-14/h1-12H,13H2. The summed E-state index contributed by atoms with van der Waals surface area (Å²) in [6.07, 6.45) is 0. The zero-order chi connectivity index (χ0) is 15.4. The van der Waals surface area contributed by atoms with E-state index in [1.54, 1.807) is 0 Å². The number of hydrogen-bond donors (Lipinski definition) is 0. The Kier molecular flexibility index (Phi) is 4.67. The second-order valence-corrected chi connectivity index (χ2v) is 5.70. The molecule has 3 heteroatoms. The zero-order valence-corrected chi connectivity index (χ0v) is 13.3. The van der Waals surface area contributed by atoms with Gasteiger partial charge in [-0.3, -0.25) is 0 Å². The second-order valence-electron chi connectivity index (χ2n) is 4.88. The third-order valence-electron chi connectivity index (χ3n) is 3.39. The molecule has 0 aliphatic heterocycles. The van der Waals surface area contributed by atoms with Crippen molar-refractivity contribution < 1.29 is 4.74 Å². The predicted octanol–water partition coefficient (Wildman–Crippen LogP) is 6.24. The number of rotatable bonds is 4. The summed E-state index contributed by atoms with van der Waals surface area (Å²) in [4.78, 5) is 0. The Bertz CT molecular complexity index is 749. The van der Waals surface area contributed by atoms with Crippen molar-refractivity contribution in [1.82, 2.24) is 0 Å². The van der Waals surface area contributed by atoms with Crippen LogP contribution in [0.15, 0.2) is 72.8 Å². The first-order chi connectivity index (χ1) is 10.7. The molecule has 0 aromatic heterocycles. The van der Waals surface area contributed by atoms with Crippen LogP contribution >= 0.6 is 23.2 Å². The molecule has 0 heterocycles. The minimum Gasteiger partial charge on any atom is -0.489 e. The van der Waals surface area contributed by atoms with E-state index in [0.717, 1.165) is 22.4 Å². The van der Waals surface area contributed by atoms with Crippen LogP contribution in [0.25, 0.3) is 11.1 Å². The molecule has 3 aromatic rings. The molecule has 22 heavy (non-hydrogen) atoms. The Morgan fingerprint density at radius 2 is 1.32 bits per heavy atom. The van der Waals surface area contributed by atoms with Gasteiger partial charge in [-0.05, 0) is 35.4 Å². The molecule has 0 amide bonds. The highest BCUT2D eigenvalue weighted by Crippen LogP contribution is 2.27. The van der Waals surface area contributed by atoms with Crippen molar-refractivity contribution in [2.24, 2.45) is 0 Å². The third-order valence-corrected chi connectivity index (χ3v) is 4.09. The lowest BCUT2D eigenvalue weighted by atomic mass is 10.1. The van der Waals surface area contributed by atoms with Crippen molar-refractivity contribution in [3.05, 3.63) is 88.4 Å². The minimum atomic E-state index is 0.344. The van der Waals surface area contributed by atoms with Crippen LogP contribution in [0.2, 0.25) is 10.0 Å². The molecule has 0 aliphatic rings. The number of ether oxygens (including phenoxy) is 1. The van der Waals surface area contributed by atoms with E-state index in [-0.39, 0.29) is 0 Å². The van der Waals surface area contributed by atoms with Gasteiger partial charge in [0.1, 0.15) is 12.4 Å². The van der Waals surface area contributed by atoms with Gasteiger partial charge in [0.05, 0.1) is 0 Å². The molecule has 0 saturated heterocycles. The maximum atomic E-state index is 6.16. The van der Waals surface area contributed by atoms with Crippen LogP contribution in [0, 0.1) is 0 Å². The van der Waals surface area contributed by atoms with Crippen molar-refractivity contribution in [3.63, 3.8) is 0 Å². The van der Waals surface area contributed by atoms with Crippen LogP contribution in [-0.2, 0) is 6.61 Å². The van der Waals surface area contributed by atoms with E-state index in [2.05, 4.69) is 18.2 Å². The van der Waals surface area contributed by atoms with Gasteiger partial charge in [-0.15, -0.1) is 0 Å². The van der Waals surface area contributed by atoms with Crippen molar-refractivity contribution in [2.45, 2.75) is 6.61 Å². The minimum absolute atomic E-state index is 0.344. The summed E-state index contributed by atoms with van der Waals surface area (Å²) in [5.74, 6) is 0.789. The Balaban J connectivity index is 1.79. The highest BCUT2D eigenvalue weighted by Gasteiger charge is 2.07. The maximum absolute atomic E-state index is 6.16. The summed E-state index contributed by atoms with van der Waals surface area (Å²) >= 11 is 12.3. The first-order valence-corrected chi connectivity index (χ1v) is 7.71. The molecule has 0 aliphatic carbocycles. The van der Waals surface area contributed by atoms with Gasteiger partial charge in [-0.1, -0.05) is 71.7 Å².